The van der Waals surface area contributed by atoms with E-state index in [4.69, 9.17) is 4.74 Å². The Kier molecular flexibility index (Phi) is 6.41. The molecule has 0 unspecified atom stereocenters. The minimum atomic E-state index is -1.63. The maximum atomic E-state index is 14.0. The molecule has 1 amide bonds. The molecule has 2 aromatic carbocycles. The zero-order chi connectivity index (χ0) is 27.2. The van der Waals surface area contributed by atoms with Gasteiger partial charge in [-0.25, -0.2) is 0 Å². The van der Waals surface area contributed by atoms with Crippen LogP contribution in [-0.2, 0) is 26.2 Å². The Balaban J connectivity index is 1.82. The molecule has 1 heterocycles. The minimum Gasteiger partial charge on any atom is -0.507 e. The summed E-state index contributed by atoms with van der Waals surface area (Å²) in [6.07, 6.45) is 1.45. The van der Waals surface area contributed by atoms with Crippen molar-refractivity contribution in [3.63, 3.8) is 0 Å². The highest BCUT2D eigenvalue weighted by Gasteiger charge is 2.56. The molecule has 0 bridgehead atoms. The van der Waals surface area contributed by atoms with E-state index in [1.807, 2.05) is 30.3 Å². The fourth-order valence-electron chi connectivity index (χ4n) is 4.93. The molecule has 0 fully saturated rings. The van der Waals surface area contributed by atoms with E-state index in [1.54, 1.807) is 0 Å². The van der Waals surface area contributed by atoms with E-state index in [0.29, 0.717) is 6.42 Å². The Morgan fingerprint density at radius 1 is 1.08 bits per heavy atom. The summed E-state index contributed by atoms with van der Waals surface area (Å²) in [6.45, 7) is 5.68. The fourth-order valence-corrected chi connectivity index (χ4v) is 4.93. The molecule has 37 heavy (non-hydrogen) atoms. The van der Waals surface area contributed by atoms with Crippen LogP contribution in [0.3, 0.4) is 0 Å². The van der Waals surface area contributed by atoms with Gasteiger partial charge in [0, 0.05) is 30.8 Å². The molecule has 0 aromatic heterocycles. The van der Waals surface area contributed by atoms with Crippen LogP contribution < -0.4 is 15.4 Å². The summed E-state index contributed by atoms with van der Waals surface area (Å²) in [5.74, 6) is -3.21. The molecule has 9 nitrogen and oxygen atoms in total. The number of allylic oxidation sites excluding steroid dienone is 4. The third-order valence-electron chi connectivity index (χ3n) is 7.00. The van der Waals surface area contributed by atoms with Crippen molar-refractivity contribution < 1.29 is 34.1 Å². The first kappa shape index (κ1) is 25.7. The van der Waals surface area contributed by atoms with Gasteiger partial charge < -0.3 is 25.6 Å². The SMILES string of the molecule is CNC(=O)[C@@H](Cc1ccccc1)N/C(C)=C1\C(=O)C=C2Oc3c(C(C)=O)c(O)c(C)c(O)c3[C@]2(C)C1=O. The molecule has 4 rings (SSSR count). The lowest BCUT2D eigenvalue weighted by molar-refractivity contribution is -0.124. The number of Topliss-reactive ketones (excluding diaryl/α,β-unsaturated/α-hetero) is 2. The molecule has 2 atom stereocenters. The summed E-state index contributed by atoms with van der Waals surface area (Å²) in [4.78, 5) is 52.1. The summed E-state index contributed by atoms with van der Waals surface area (Å²) in [5, 5.41) is 27.1. The van der Waals surface area contributed by atoms with Gasteiger partial charge in [0.25, 0.3) is 0 Å². The van der Waals surface area contributed by atoms with E-state index in [-0.39, 0.29) is 45.4 Å². The van der Waals surface area contributed by atoms with Crippen molar-refractivity contribution in [3.8, 4) is 17.2 Å². The second-order valence-corrected chi connectivity index (χ2v) is 9.39. The van der Waals surface area contributed by atoms with E-state index in [9.17, 15) is 29.4 Å². The number of nitrogens with one attached hydrogen (secondary N) is 2. The lowest BCUT2D eigenvalue weighted by Crippen LogP contribution is -2.46. The molecular formula is C28H28N2O7. The van der Waals surface area contributed by atoms with E-state index in [1.165, 1.54) is 34.7 Å². The number of carbonyl (C=O) groups excluding carboxylic acids is 4. The second kappa shape index (κ2) is 9.24. The number of amides is 1. The van der Waals surface area contributed by atoms with E-state index >= 15 is 0 Å². The third-order valence-corrected chi connectivity index (χ3v) is 7.00. The van der Waals surface area contributed by atoms with Gasteiger partial charge in [0.1, 0.15) is 40.0 Å². The lowest BCUT2D eigenvalue weighted by Gasteiger charge is -2.29. The monoisotopic (exact) mass is 504 g/mol. The molecule has 2 aliphatic rings. The molecule has 1 aliphatic heterocycles. The molecule has 0 spiro atoms. The number of carbonyl (C=O) groups is 4. The second-order valence-electron chi connectivity index (χ2n) is 9.39. The molecule has 0 saturated heterocycles. The lowest BCUT2D eigenvalue weighted by atomic mass is 9.70. The van der Waals surface area contributed by atoms with Gasteiger partial charge in [0.2, 0.25) is 5.91 Å². The van der Waals surface area contributed by atoms with Crippen LogP contribution in [0.25, 0.3) is 0 Å². The maximum Gasteiger partial charge on any atom is 0.242 e. The fraction of sp³-hybridized carbons (Fsp3) is 0.286. The van der Waals surface area contributed by atoms with Crippen molar-refractivity contribution in [1.29, 1.82) is 0 Å². The molecule has 0 radical (unpaired) electrons. The third kappa shape index (κ3) is 3.96. The van der Waals surface area contributed by atoms with Gasteiger partial charge in [-0.2, -0.15) is 0 Å². The van der Waals surface area contributed by atoms with Crippen LogP contribution in [-0.4, -0.2) is 46.6 Å². The number of phenols is 2. The van der Waals surface area contributed by atoms with Gasteiger partial charge in [-0.15, -0.1) is 0 Å². The van der Waals surface area contributed by atoms with Crippen LogP contribution in [0.2, 0.25) is 0 Å². The highest BCUT2D eigenvalue weighted by atomic mass is 16.5. The number of benzene rings is 2. The molecule has 192 valence electrons. The molecule has 4 N–H and O–H groups in total. The topological polar surface area (TPSA) is 142 Å². The summed E-state index contributed by atoms with van der Waals surface area (Å²) in [7, 11) is 1.50. The van der Waals surface area contributed by atoms with Gasteiger partial charge in [0.15, 0.2) is 17.3 Å². The largest absolute Gasteiger partial charge is 0.507 e. The molecule has 9 heteroatoms. The minimum absolute atomic E-state index is 0.00851. The van der Waals surface area contributed by atoms with Crippen molar-refractivity contribution in [1.82, 2.24) is 10.6 Å². The van der Waals surface area contributed by atoms with Crippen LogP contribution in [0, 0.1) is 6.92 Å². The number of fused-ring (bicyclic) bond motifs is 3. The van der Waals surface area contributed by atoms with Crippen LogP contribution in [0.1, 0.15) is 47.8 Å². The Morgan fingerprint density at radius 2 is 1.73 bits per heavy atom. The van der Waals surface area contributed by atoms with Crippen LogP contribution in [0.4, 0.5) is 0 Å². The number of aromatic hydroxyl groups is 2. The van der Waals surface area contributed by atoms with Gasteiger partial charge >= 0.3 is 0 Å². The Labute approximate surface area is 213 Å². The molecular weight excluding hydrogens is 476 g/mol. The smallest absolute Gasteiger partial charge is 0.242 e. The normalized spacial score (nSPS) is 20.3. The first-order valence-electron chi connectivity index (χ1n) is 11.7. The van der Waals surface area contributed by atoms with E-state index < -0.39 is 40.3 Å². The van der Waals surface area contributed by atoms with E-state index in [0.717, 1.165) is 11.6 Å². The average molecular weight is 505 g/mol. The zero-order valence-electron chi connectivity index (χ0n) is 21.2. The molecule has 2 aromatic rings. The van der Waals surface area contributed by atoms with E-state index in [2.05, 4.69) is 10.6 Å². The Bertz CT molecular complexity index is 1420. The first-order valence-corrected chi connectivity index (χ1v) is 11.7. The predicted molar refractivity (Wildman–Crippen MR) is 134 cm³/mol. The van der Waals surface area contributed by atoms with Crippen molar-refractivity contribution >= 4 is 23.3 Å². The predicted octanol–water partition coefficient (Wildman–Crippen LogP) is 2.52. The van der Waals surface area contributed by atoms with Gasteiger partial charge in [-0.1, -0.05) is 30.3 Å². The summed E-state index contributed by atoms with van der Waals surface area (Å²) in [6, 6.07) is 8.52. The number of rotatable bonds is 6. The Morgan fingerprint density at radius 3 is 2.32 bits per heavy atom. The van der Waals surface area contributed by atoms with Crippen molar-refractivity contribution in [2.24, 2.45) is 0 Å². The van der Waals surface area contributed by atoms with Crippen molar-refractivity contribution in [3.05, 3.63) is 75.7 Å². The number of ketones is 3. The summed E-state index contributed by atoms with van der Waals surface area (Å²) < 4.78 is 5.78. The number of hydrogen-bond donors (Lipinski definition) is 4. The highest BCUT2D eigenvalue weighted by molar-refractivity contribution is 6.31. The molecule has 1 aliphatic carbocycles. The highest BCUT2D eigenvalue weighted by Crippen LogP contribution is 2.57. The summed E-state index contributed by atoms with van der Waals surface area (Å²) >= 11 is 0. The number of hydrogen-bond acceptors (Lipinski definition) is 8. The van der Waals surface area contributed by atoms with Gasteiger partial charge in [-0.05, 0) is 33.3 Å². The standard InChI is InChI=1S/C28H28N2O7/c1-13-23(33)21(15(3)31)25-22(24(13)34)28(4)19(37-25)12-18(32)20(26(28)35)14(2)30-17(27(36)29-5)11-16-9-7-6-8-10-16/h6-10,12,17,30,33-34H,11H2,1-5H3,(H,29,36)/b20-14+/t17-,28-/m1/s1. The number of likely N-dealkylation sites (N-methyl/N-ethyl adjacent to an activating group) is 1. The maximum absolute atomic E-state index is 14.0. The average Bonchev–Trinajstić information content (AvgIpc) is 3.15. The first-order chi connectivity index (χ1) is 17.4. The molecule has 0 saturated carbocycles. The number of phenolic OH excluding ortho intramolecular Hbond substituents is 2. The van der Waals surface area contributed by atoms with Gasteiger partial charge in [0.05, 0.1) is 11.1 Å². The van der Waals surface area contributed by atoms with Crippen molar-refractivity contribution in [2.75, 3.05) is 7.05 Å². The van der Waals surface area contributed by atoms with Crippen LogP contribution in [0.5, 0.6) is 17.2 Å². The van der Waals surface area contributed by atoms with Crippen LogP contribution >= 0.6 is 0 Å². The van der Waals surface area contributed by atoms with Crippen molar-refractivity contribution in [2.45, 2.75) is 45.6 Å². The van der Waals surface area contributed by atoms with Gasteiger partial charge in [-0.3, -0.25) is 19.2 Å². The van der Waals surface area contributed by atoms with Crippen LogP contribution in [0.15, 0.2) is 53.4 Å². The Hall–Kier alpha value is -4.40. The number of ether oxygens (including phenoxy) is 1. The quantitative estimate of drug-likeness (QED) is 0.267. The summed E-state index contributed by atoms with van der Waals surface area (Å²) in [5.41, 5.74) is -0.907. The zero-order valence-corrected chi connectivity index (χ0v) is 21.2.